The van der Waals surface area contributed by atoms with Crippen molar-refractivity contribution < 1.29 is 9.53 Å². The molecule has 8 nitrogen and oxygen atoms in total. The molecule has 0 aliphatic rings. The van der Waals surface area contributed by atoms with E-state index in [1.165, 1.54) is 11.3 Å². The number of anilines is 2. The molecular weight excluding hydrogens is 388 g/mol. The summed E-state index contributed by atoms with van der Waals surface area (Å²) in [5, 5.41) is 13.9. The molecule has 0 aliphatic carbocycles. The molecule has 0 atom stereocenters. The van der Waals surface area contributed by atoms with Gasteiger partial charge in [0.15, 0.2) is 5.69 Å². The number of nitrogens with one attached hydrogen (secondary N) is 3. The van der Waals surface area contributed by atoms with Crippen molar-refractivity contribution in [1.82, 2.24) is 20.2 Å². The number of methoxy groups -OCH3 is 1. The van der Waals surface area contributed by atoms with Gasteiger partial charge in [-0.3, -0.25) is 10.1 Å². The number of hydrogen-bond donors (Lipinski definition) is 3. The van der Waals surface area contributed by atoms with Crippen molar-refractivity contribution in [2.75, 3.05) is 24.8 Å². The van der Waals surface area contributed by atoms with Gasteiger partial charge >= 0.3 is 0 Å². The van der Waals surface area contributed by atoms with E-state index >= 15 is 0 Å². The number of carbonyl (C=O) groups excluding carboxylic acids is 1. The van der Waals surface area contributed by atoms with Crippen LogP contribution in [0.25, 0.3) is 22.6 Å². The minimum Gasteiger partial charge on any atom is -0.497 e. The zero-order valence-electron chi connectivity index (χ0n) is 15.8. The zero-order valence-corrected chi connectivity index (χ0v) is 16.6. The Balaban J connectivity index is 1.75. The van der Waals surface area contributed by atoms with Gasteiger partial charge in [0.1, 0.15) is 17.1 Å². The first kappa shape index (κ1) is 18.6. The van der Waals surface area contributed by atoms with Crippen LogP contribution in [0.2, 0.25) is 0 Å². The molecule has 2 heterocycles. The Bertz CT molecular complexity index is 1110. The van der Waals surface area contributed by atoms with Crippen LogP contribution in [0.5, 0.6) is 5.75 Å². The van der Waals surface area contributed by atoms with Crippen molar-refractivity contribution in [2.24, 2.45) is 0 Å². The molecule has 146 valence electrons. The SMILES string of the molecule is CNc1ccc(-c2nc(C(=O)Nc3nncs3)c(-c3ccc(OC)cc3)[nH]2)cc1. The first-order chi connectivity index (χ1) is 14.2. The molecule has 4 rings (SSSR count). The van der Waals surface area contributed by atoms with Crippen LogP contribution in [-0.4, -0.2) is 40.2 Å². The van der Waals surface area contributed by atoms with Crippen LogP contribution in [0, 0.1) is 0 Å². The van der Waals surface area contributed by atoms with Crippen molar-refractivity contribution in [3.8, 4) is 28.4 Å². The molecule has 0 radical (unpaired) electrons. The molecule has 2 aromatic heterocycles. The van der Waals surface area contributed by atoms with Crippen LogP contribution in [0.15, 0.2) is 54.0 Å². The summed E-state index contributed by atoms with van der Waals surface area (Å²) in [6.45, 7) is 0. The Hall–Kier alpha value is -3.72. The Morgan fingerprint density at radius 2 is 1.79 bits per heavy atom. The van der Waals surface area contributed by atoms with Crippen molar-refractivity contribution >= 4 is 28.1 Å². The number of rotatable bonds is 6. The molecular formula is C20H18N6O2S. The number of imidazole rings is 1. The van der Waals surface area contributed by atoms with Gasteiger partial charge in [0.25, 0.3) is 5.91 Å². The van der Waals surface area contributed by atoms with Crippen LogP contribution in [0.3, 0.4) is 0 Å². The van der Waals surface area contributed by atoms with E-state index in [-0.39, 0.29) is 11.6 Å². The Kier molecular flexibility index (Phi) is 5.21. The summed E-state index contributed by atoms with van der Waals surface area (Å²) in [6.07, 6.45) is 0. The molecule has 4 aromatic rings. The highest BCUT2D eigenvalue weighted by molar-refractivity contribution is 7.13. The van der Waals surface area contributed by atoms with Crippen LogP contribution >= 0.6 is 11.3 Å². The summed E-state index contributed by atoms with van der Waals surface area (Å²) in [7, 11) is 3.47. The highest BCUT2D eigenvalue weighted by Gasteiger charge is 2.21. The Morgan fingerprint density at radius 1 is 1.07 bits per heavy atom. The molecule has 0 fully saturated rings. The normalized spacial score (nSPS) is 10.6. The van der Waals surface area contributed by atoms with Crippen LogP contribution in [0.4, 0.5) is 10.8 Å². The van der Waals surface area contributed by atoms with E-state index in [0.29, 0.717) is 16.6 Å². The fraction of sp³-hybridized carbons (Fsp3) is 0.100. The standard InChI is InChI=1S/C20H18N6O2S/c1-21-14-7-3-13(4-8-14)18-23-16(12-5-9-15(28-2)10-6-12)17(24-18)19(27)25-20-26-22-11-29-20/h3-11,21H,1-2H3,(H,23,24)(H,25,26,27). The minimum absolute atomic E-state index is 0.276. The fourth-order valence-corrected chi connectivity index (χ4v) is 3.26. The topological polar surface area (TPSA) is 105 Å². The maximum Gasteiger partial charge on any atom is 0.278 e. The number of hydrogen-bond acceptors (Lipinski definition) is 7. The second-order valence-corrected chi connectivity index (χ2v) is 6.90. The number of ether oxygens (including phenoxy) is 1. The molecule has 1 amide bonds. The van der Waals surface area contributed by atoms with E-state index < -0.39 is 0 Å². The molecule has 0 unspecified atom stereocenters. The van der Waals surface area contributed by atoms with Crippen molar-refractivity contribution in [3.63, 3.8) is 0 Å². The smallest absolute Gasteiger partial charge is 0.278 e. The Labute approximate surface area is 171 Å². The highest BCUT2D eigenvalue weighted by Crippen LogP contribution is 2.29. The fourth-order valence-electron chi connectivity index (χ4n) is 2.82. The maximum atomic E-state index is 12.9. The summed E-state index contributed by atoms with van der Waals surface area (Å²) in [5.41, 5.74) is 5.12. The van der Waals surface area contributed by atoms with Gasteiger partial charge in [0.2, 0.25) is 5.13 Å². The van der Waals surface area contributed by atoms with Gasteiger partial charge in [-0.05, 0) is 48.5 Å². The molecule has 0 saturated heterocycles. The third kappa shape index (κ3) is 3.94. The average molecular weight is 406 g/mol. The number of aromatic nitrogens is 4. The monoisotopic (exact) mass is 406 g/mol. The van der Waals surface area contributed by atoms with Crippen LogP contribution in [-0.2, 0) is 0 Å². The third-order valence-electron chi connectivity index (χ3n) is 4.33. The van der Waals surface area contributed by atoms with Gasteiger partial charge in [-0.25, -0.2) is 4.98 Å². The van der Waals surface area contributed by atoms with E-state index in [1.807, 2.05) is 55.6 Å². The second kappa shape index (κ2) is 8.11. The quantitative estimate of drug-likeness (QED) is 0.449. The molecule has 2 aromatic carbocycles. The first-order valence-corrected chi connectivity index (χ1v) is 9.66. The van der Waals surface area contributed by atoms with Crippen molar-refractivity contribution in [1.29, 1.82) is 0 Å². The van der Waals surface area contributed by atoms with E-state index in [4.69, 9.17) is 4.74 Å². The molecule has 9 heteroatoms. The van der Waals surface area contributed by atoms with E-state index in [9.17, 15) is 4.79 Å². The summed E-state index contributed by atoms with van der Waals surface area (Å²) in [6, 6.07) is 15.2. The summed E-state index contributed by atoms with van der Waals surface area (Å²) < 4.78 is 5.22. The van der Waals surface area contributed by atoms with Gasteiger partial charge in [-0.1, -0.05) is 11.3 Å². The summed E-state index contributed by atoms with van der Waals surface area (Å²) in [4.78, 5) is 20.7. The molecule has 0 spiro atoms. The number of nitrogens with zero attached hydrogens (tertiary/aromatic N) is 3. The number of aromatic amines is 1. The van der Waals surface area contributed by atoms with Crippen molar-refractivity contribution in [2.45, 2.75) is 0 Å². The largest absolute Gasteiger partial charge is 0.497 e. The van der Waals surface area contributed by atoms with Gasteiger partial charge in [0.05, 0.1) is 12.8 Å². The molecule has 0 saturated carbocycles. The van der Waals surface area contributed by atoms with E-state index in [0.717, 1.165) is 22.6 Å². The summed E-state index contributed by atoms with van der Waals surface area (Å²) >= 11 is 1.24. The van der Waals surface area contributed by atoms with Crippen LogP contribution < -0.4 is 15.4 Å². The highest BCUT2D eigenvalue weighted by atomic mass is 32.1. The molecule has 3 N–H and O–H groups in total. The van der Waals surface area contributed by atoms with Gasteiger partial charge < -0.3 is 15.0 Å². The third-order valence-corrected chi connectivity index (χ3v) is 4.93. The lowest BCUT2D eigenvalue weighted by Gasteiger charge is -2.04. The molecule has 0 bridgehead atoms. The predicted molar refractivity (Wildman–Crippen MR) is 113 cm³/mol. The lowest BCUT2D eigenvalue weighted by Crippen LogP contribution is -2.13. The van der Waals surface area contributed by atoms with Gasteiger partial charge in [-0.2, -0.15) is 0 Å². The zero-order chi connectivity index (χ0) is 20.2. The van der Waals surface area contributed by atoms with Crippen molar-refractivity contribution in [3.05, 3.63) is 59.7 Å². The Morgan fingerprint density at radius 3 is 2.41 bits per heavy atom. The first-order valence-electron chi connectivity index (χ1n) is 8.78. The molecule has 29 heavy (non-hydrogen) atoms. The predicted octanol–water partition coefficient (Wildman–Crippen LogP) is 3.90. The minimum atomic E-state index is -0.359. The second-order valence-electron chi connectivity index (χ2n) is 6.06. The molecule has 0 aliphatic heterocycles. The van der Waals surface area contributed by atoms with Gasteiger partial charge in [0, 0.05) is 23.9 Å². The number of benzene rings is 2. The van der Waals surface area contributed by atoms with E-state index in [2.05, 4.69) is 30.8 Å². The average Bonchev–Trinajstić information content (AvgIpc) is 3.44. The summed E-state index contributed by atoms with van der Waals surface area (Å²) in [5.74, 6) is 0.971. The van der Waals surface area contributed by atoms with Crippen LogP contribution in [0.1, 0.15) is 10.5 Å². The maximum absolute atomic E-state index is 12.9. The van der Waals surface area contributed by atoms with E-state index in [1.54, 1.807) is 12.6 Å². The van der Waals surface area contributed by atoms with Gasteiger partial charge in [-0.15, -0.1) is 10.2 Å². The lowest BCUT2D eigenvalue weighted by atomic mass is 10.1. The number of carbonyl (C=O) groups is 1. The number of H-pyrrole nitrogens is 1. The lowest BCUT2D eigenvalue weighted by molar-refractivity contribution is 0.102. The number of amides is 1.